The second-order valence-electron chi connectivity index (χ2n) is 8.54. The van der Waals surface area contributed by atoms with Crippen molar-refractivity contribution in [1.29, 1.82) is 0 Å². The van der Waals surface area contributed by atoms with Gasteiger partial charge in [0.1, 0.15) is 0 Å². The Morgan fingerprint density at radius 3 is 1.94 bits per heavy atom. The maximum Gasteiger partial charge on any atom is 0.241 e. The number of benzene rings is 3. The first-order chi connectivity index (χ1) is 15.8. The van der Waals surface area contributed by atoms with E-state index in [1.165, 1.54) is 6.07 Å². The molecule has 0 aliphatic heterocycles. The van der Waals surface area contributed by atoms with E-state index in [4.69, 9.17) is 23.2 Å². The molecular weight excluding hydrogens is 513 g/mol. The Bertz CT molecular complexity index is 1390. The molecule has 0 aromatic heterocycles. The van der Waals surface area contributed by atoms with Crippen LogP contribution in [0.1, 0.15) is 33.7 Å². The SMILES string of the molecule is Cc1ccc(S(=O)(=O)CC(CNS(=O)(=O)c2c(C)cc(C)cc2C)c2ccc(Cl)cc2Cl)cc1. The van der Waals surface area contributed by atoms with E-state index in [1.54, 1.807) is 62.4 Å². The van der Waals surface area contributed by atoms with E-state index >= 15 is 0 Å². The Morgan fingerprint density at radius 2 is 1.38 bits per heavy atom. The van der Waals surface area contributed by atoms with Gasteiger partial charge in [0, 0.05) is 22.5 Å². The molecule has 1 atom stereocenters. The van der Waals surface area contributed by atoms with Crippen molar-refractivity contribution in [1.82, 2.24) is 4.72 Å². The van der Waals surface area contributed by atoms with Gasteiger partial charge in [-0.25, -0.2) is 21.6 Å². The van der Waals surface area contributed by atoms with Gasteiger partial charge >= 0.3 is 0 Å². The maximum absolute atomic E-state index is 13.2. The highest BCUT2D eigenvalue weighted by atomic mass is 35.5. The highest BCUT2D eigenvalue weighted by Gasteiger charge is 2.27. The van der Waals surface area contributed by atoms with Crippen LogP contribution < -0.4 is 4.72 Å². The fourth-order valence-electron chi connectivity index (χ4n) is 4.07. The third kappa shape index (κ3) is 6.20. The standard InChI is InChI=1S/C25H27Cl2NO4S2/c1-16-5-8-22(9-6-16)33(29,30)15-20(23-10-7-21(26)13-24(23)27)14-28-34(31,32)25-18(3)11-17(2)12-19(25)4/h5-13,20,28H,14-15H2,1-4H3. The van der Waals surface area contributed by atoms with Crippen LogP contribution in [-0.2, 0) is 19.9 Å². The van der Waals surface area contributed by atoms with Crippen LogP contribution in [0.25, 0.3) is 0 Å². The molecule has 9 heteroatoms. The van der Waals surface area contributed by atoms with Crippen LogP contribution in [-0.4, -0.2) is 29.1 Å². The van der Waals surface area contributed by atoms with Crippen molar-refractivity contribution in [2.24, 2.45) is 0 Å². The van der Waals surface area contributed by atoms with Crippen LogP contribution in [0.4, 0.5) is 0 Å². The van der Waals surface area contributed by atoms with Gasteiger partial charge < -0.3 is 0 Å². The quantitative estimate of drug-likeness (QED) is 0.394. The predicted octanol–water partition coefficient (Wildman–Crippen LogP) is 5.76. The molecule has 0 bridgehead atoms. The van der Waals surface area contributed by atoms with Crippen molar-refractivity contribution < 1.29 is 16.8 Å². The molecule has 0 aliphatic carbocycles. The van der Waals surface area contributed by atoms with Gasteiger partial charge in [0.05, 0.1) is 15.5 Å². The van der Waals surface area contributed by atoms with Crippen molar-refractivity contribution in [3.63, 3.8) is 0 Å². The van der Waals surface area contributed by atoms with E-state index in [1.807, 2.05) is 13.8 Å². The number of rotatable bonds is 8. The first-order valence-corrected chi connectivity index (χ1v) is 14.5. The summed E-state index contributed by atoms with van der Waals surface area (Å²) in [5.41, 5.74) is 3.65. The Labute approximate surface area is 212 Å². The van der Waals surface area contributed by atoms with Gasteiger partial charge in [0.2, 0.25) is 10.0 Å². The molecule has 0 fully saturated rings. The van der Waals surface area contributed by atoms with Gasteiger partial charge in [0.25, 0.3) is 0 Å². The van der Waals surface area contributed by atoms with Crippen LogP contribution in [0, 0.1) is 27.7 Å². The van der Waals surface area contributed by atoms with Crippen LogP contribution in [0.3, 0.4) is 0 Å². The average molecular weight is 541 g/mol. The second kappa shape index (κ2) is 10.4. The van der Waals surface area contributed by atoms with Crippen LogP contribution in [0.15, 0.2) is 64.4 Å². The lowest BCUT2D eigenvalue weighted by Crippen LogP contribution is -2.32. The highest BCUT2D eigenvalue weighted by molar-refractivity contribution is 7.91. The lowest BCUT2D eigenvalue weighted by molar-refractivity contribution is 0.566. The van der Waals surface area contributed by atoms with Gasteiger partial charge in [-0.05, 0) is 68.7 Å². The summed E-state index contributed by atoms with van der Waals surface area (Å²) in [4.78, 5) is 0.363. The topological polar surface area (TPSA) is 80.3 Å². The van der Waals surface area contributed by atoms with Gasteiger partial charge in [-0.15, -0.1) is 0 Å². The summed E-state index contributed by atoms with van der Waals surface area (Å²) in [6, 6.07) is 14.9. The van der Waals surface area contributed by atoms with E-state index in [0.717, 1.165) is 11.1 Å². The summed E-state index contributed by atoms with van der Waals surface area (Å²) >= 11 is 12.4. The molecule has 0 amide bonds. The molecule has 0 saturated heterocycles. The molecule has 0 spiro atoms. The summed E-state index contributed by atoms with van der Waals surface area (Å²) in [6.07, 6.45) is 0. The van der Waals surface area contributed by atoms with Crippen molar-refractivity contribution in [2.45, 2.75) is 43.4 Å². The van der Waals surface area contributed by atoms with E-state index in [2.05, 4.69) is 4.72 Å². The predicted molar refractivity (Wildman–Crippen MR) is 138 cm³/mol. The Hall–Kier alpha value is -1.90. The first-order valence-electron chi connectivity index (χ1n) is 10.6. The lowest BCUT2D eigenvalue weighted by Gasteiger charge is -2.21. The van der Waals surface area contributed by atoms with E-state index < -0.39 is 25.8 Å². The van der Waals surface area contributed by atoms with E-state index in [-0.39, 0.29) is 27.1 Å². The zero-order valence-corrected chi connectivity index (χ0v) is 22.5. The lowest BCUT2D eigenvalue weighted by atomic mass is 10.0. The second-order valence-corrected chi connectivity index (χ2v) is 13.1. The molecule has 0 heterocycles. The van der Waals surface area contributed by atoms with Crippen LogP contribution in [0.5, 0.6) is 0 Å². The number of sulfonamides is 1. The molecule has 3 aromatic carbocycles. The van der Waals surface area contributed by atoms with Crippen LogP contribution >= 0.6 is 23.2 Å². The molecule has 34 heavy (non-hydrogen) atoms. The normalized spacial score (nSPS) is 13.1. The minimum absolute atomic E-state index is 0.151. The van der Waals surface area contributed by atoms with Crippen LogP contribution in [0.2, 0.25) is 10.0 Å². The van der Waals surface area contributed by atoms with Gasteiger partial charge in [0.15, 0.2) is 9.84 Å². The third-order valence-corrected chi connectivity index (χ3v) is 9.72. The molecule has 182 valence electrons. The molecule has 3 aromatic rings. The fourth-order valence-corrected chi connectivity index (χ4v) is 7.73. The molecule has 0 aliphatic rings. The zero-order valence-electron chi connectivity index (χ0n) is 19.4. The Morgan fingerprint density at radius 1 is 0.794 bits per heavy atom. The Balaban J connectivity index is 1.97. The molecule has 1 N–H and O–H groups in total. The smallest absolute Gasteiger partial charge is 0.224 e. The van der Waals surface area contributed by atoms with Crippen molar-refractivity contribution >= 4 is 43.1 Å². The number of nitrogens with one attached hydrogen (secondary N) is 1. The average Bonchev–Trinajstić information content (AvgIpc) is 2.70. The van der Waals surface area contributed by atoms with Crippen molar-refractivity contribution in [3.05, 3.63) is 92.5 Å². The van der Waals surface area contributed by atoms with Gasteiger partial charge in [-0.1, -0.05) is 64.7 Å². The zero-order chi connectivity index (χ0) is 25.3. The monoisotopic (exact) mass is 539 g/mol. The van der Waals surface area contributed by atoms with Crippen molar-refractivity contribution in [2.75, 3.05) is 12.3 Å². The minimum atomic E-state index is -3.90. The molecule has 5 nitrogen and oxygen atoms in total. The maximum atomic E-state index is 13.2. The highest BCUT2D eigenvalue weighted by Crippen LogP contribution is 2.31. The number of halogens is 2. The Kier molecular flexibility index (Phi) is 8.15. The molecular formula is C25H27Cl2NO4S2. The first kappa shape index (κ1) is 26.7. The largest absolute Gasteiger partial charge is 0.241 e. The number of hydrogen-bond donors (Lipinski definition) is 1. The molecule has 3 rings (SSSR count). The summed E-state index contributed by atoms with van der Waals surface area (Å²) in [6.45, 7) is 7.10. The minimum Gasteiger partial charge on any atom is -0.224 e. The number of sulfone groups is 1. The number of aryl methyl sites for hydroxylation is 4. The molecule has 1 unspecified atom stereocenters. The summed E-state index contributed by atoms with van der Waals surface area (Å²) in [7, 11) is -7.63. The molecule has 0 radical (unpaired) electrons. The summed E-state index contributed by atoms with van der Waals surface area (Å²) < 4.78 is 55.5. The van der Waals surface area contributed by atoms with E-state index in [9.17, 15) is 16.8 Å². The molecule has 0 saturated carbocycles. The van der Waals surface area contributed by atoms with Gasteiger partial charge in [-0.2, -0.15) is 0 Å². The van der Waals surface area contributed by atoms with Gasteiger partial charge in [-0.3, -0.25) is 0 Å². The van der Waals surface area contributed by atoms with Crippen molar-refractivity contribution in [3.8, 4) is 0 Å². The fraction of sp³-hybridized carbons (Fsp3) is 0.280. The third-order valence-electron chi connectivity index (χ3n) is 5.60. The summed E-state index contributed by atoms with van der Waals surface area (Å²) in [5, 5.41) is 0.680. The van der Waals surface area contributed by atoms with E-state index in [0.29, 0.717) is 21.7 Å². The number of hydrogen-bond acceptors (Lipinski definition) is 4. The summed E-state index contributed by atoms with van der Waals surface area (Å²) in [5.74, 6) is -1.07.